The molecule has 0 aliphatic rings. The Bertz CT molecular complexity index is 1060. The number of hydrogen-bond acceptors (Lipinski definition) is 8. The summed E-state index contributed by atoms with van der Waals surface area (Å²) >= 11 is 1.27. The smallest absolute Gasteiger partial charge is 0.412 e. The molecular weight excluding hydrogens is 416 g/mol. The normalized spacial score (nSPS) is 10.7. The molecule has 162 valence electrons. The van der Waals surface area contributed by atoms with Crippen molar-refractivity contribution < 1.29 is 19.0 Å². The summed E-state index contributed by atoms with van der Waals surface area (Å²) < 4.78 is 15.5. The molecule has 1 heterocycles. The van der Waals surface area contributed by atoms with Crippen LogP contribution in [0.3, 0.4) is 0 Å². The molecule has 0 aliphatic carbocycles. The lowest BCUT2D eigenvalue weighted by Crippen LogP contribution is -2.12. The highest BCUT2D eigenvalue weighted by molar-refractivity contribution is 7.20. The number of anilines is 2. The van der Waals surface area contributed by atoms with Crippen LogP contribution < -0.4 is 20.2 Å². The van der Waals surface area contributed by atoms with Gasteiger partial charge in [0.2, 0.25) is 5.13 Å². The largest absolute Gasteiger partial charge is 0.493 e. The topological polar surface area (TPSA) is 94.1 Å². The van der Waals surface area contributed by atoms with Crippen LogP contribution in [-0.2, 0) is 4.74 Å². The highest BCUT2D eigenvalue weighted by atomic mass is 32.1. The standard InChI is InChI=1S/C22H24N4O4S/c1-5-30-22(27)25-20-19(16-9-6-14(2)7-10-16)24-21(31-20)26-23-13-15-8-11-17(28-3)18(12-15)29-4/h6-13H,5H2,1-4H3,(H,24,26)(H,25,27)/b23-13-. The van der Waals surface area contributed by atoms with E-state index in [0.717, 1.165) is 16.7 Å². The lowest BCUT2D eigenvalue weighted by atomic mass is 10.1. The summed E-state index contributed by atoms with van der Waals surface area (Å²) in [5, 5.41) is 8.11. The van der Waals surface area contributed by atoms with Crippen LogP contribution >= 0.6 is 11.3 Å². The maximum absolute atomic E-state index is 11.9. The number of aromatic nitrogens is 1. The van der Waals surface area contributed by atoms with Gasteiger partial charge in [0.1, 0.15) is 10.7 Å². The predicted octanol–water partition coefficient (Wildman–Crippen LogP) is 5.15. The number of aryl methyl sites for hydroxylation is 1. The molecule has 3 rings (SSSR count). The van der Waals surface area contributed by atoms with Gasteiger partial charge in [-0.15, -0.1) is 0 Å². The summed E-state index contributed by atoms with van der Waals surface area (Å²) in [4.78, 5) is 16.5. The van der Waals surface area contributed by atoms with Crippen molar-refractivity contribution in [1.82, 2.24) is 4.98 Å². The van der Waals surface area contributed by atoms with Gasteiger partial charge in [-0.05, 0) is 37.6 Å². The minimum absolute atomic E-state index is 0.283. The Kier molecular flexibility index (Phi) is 7.45. The van der Waals surface area contributed by atoms with Gasteiger partial charge in [0.25, 0.3) is 0 Å². The molecule has 0 radical (unpaired) electrons. The van der Waals surface area contributed by atoms with Crippen LogP contribution in [0.15, 0.2) is 47.6 Å². The van der Waals surface area contributed by atoms with Gasteiger partial charge < -0.3 is 14.2 Å². The van der Waals surface area contributed by atoms with Crippen molar-refractivity contribution in [1.29, 1.82) is 0 Å². The Morgan fingerprint density at radius 1 is 1.13 bits per heavy atom. The first-order valence-electron chi connectivity index (χ1n) is 9.56. The number of nitrogens with zero attached hydrogens (tertiary/aromatic N) is 2. The van der Waals surface area contributed by atoms with Crippen LogP contribution in [0.1, 0.15) is 18.1 Å². The van der Waals surface area contributed by atoms with E-state index < -0.39 is 6.09 Å². The maximum Gasteiger partial charge on any atom is 0.412 e. The third-order valence-electron chi connectivity index (χ3n) is 4.22. The molecule has 3 aromatic rings. The van der Waals surface area contributed by atoms with Crippen molar-refractivity contribution in [3.05, 3.63) is 53.6 Å². The number of carbonyl (C=O) groups is 1. The number of methoxy groups -OCH3 is 2. The zero-order valence-electron chi connectivity index (χ0n) is 17.8. The molecule has 0 fully saturated rings. The monoisotopic (exact) mass is 440 g/mol. The van der Waals surface area contributed by atoms with E-state index in [1.807, 2.05) is 43.3 Å². The van der Waals surface area contributed by atoms with Crippen molar-refractivity contribution >= 4 is 33.8 Å². The van der Waals surface area contributed by atoms with Gasteiger partial charge in [-0.3, -0.25) is 10.7 Å². The molecule has 0 spiro atoms. The fraction of sp³-hybridized carbons (Fsp3) is 0.227. The van der Waals surface area contributed by atoms with Gasteiger partial charge in [-0.1, -0.05) is 41.2 Å². The third-order valence-corrected chi connectivity index (χ3v) is 5.10. The first-order valence-corrected chi connectivity index (χ1v) is 10.4. The van der Waals surface area contributed by atoms with Gasteiger partial charge in [-0.25, -0.2) is 9.78 Å². The minimum atomic E-state index is -0.528. The number of nitrogens with one attached hydrogen (secondary N) is 2. The van der Waals surface area contributed by atoms with Crippen molar-refractivity contribution in [2.75, 3.05) is 31.6 Å². The lowest BCUT2D eigenvalue weighted by Gasteiger charge is -2.07. The second-order valence-corrected chi connectivity index (χ2v) is 7.39. The highest BCUT2D eigenvalue weighted by Gasteiger charge is 2.16. The van der Waals surface area contributed by atoms with Gasteiger partial charge in [0.15, 0.2) is 11.5 Å². The second-order valence-electron chi connectivity index (χ2n) is 6.39. The zero-order chi connectivity index (χ0) is 22.2. The number of benzene rings is 2. The highest BCUT2D eigenvalue weighted by Crippen LogP contribution is 2.36. The molecule has 0 saturated carbocycles. The number of ether oxygens (including phenoxy) is 3. The van der Waals surface area contributed by atoms with E-state index in [-0.39, 0.29) is 6.61 Å². The summed E-state index contributed by atoms with van der Waals surface area (Å²) in [6, 6.07) is 13.4. The first kappa shape index (κ1) is 22.1. The van der Waals surface area contributed by atoms with Gasteiger partial charge >= 0.3 is 6.09 Å². The van der Waals surface area contributed by atoms with Crippen LogP contribution in [0, 0.1) is 6.92 Å². The molecule has 1 aromatic heterocycles. The van der Waals surface area contributed by atoms with Gasteiger partial charge in [0, 0.05) is 5.56 Å². The van der Waals surface area contributed by atoms with Crippen LogP contribution in [-0.4, -0.2) is 38.1 Å². The number of carbonyl (C=O) groups excluding carboxylic acids is 1. The van der Waals surface area contributed by atoms with Gasteiger partial charge in [-0.2, -0.15) is 5.10 Å². The van der Waals surface area contributed by atoms with Crippen LogP contribution in [0.2, 0.25) is 0 Å². The van der Waals surface area contributed by atoms with E-state index in [2.05, 4.69) is 20.8 Å². The van der Waals surface area contributed by atoms with Crippen molar-refractivity contribution in [2.45, 2.75) is 13.8 Å². The third kappa shape index (κ3) is 5.73. The number of hydrogen-bond donors (Lipinski definition) is 2. The second kappa shape index (κ2) is 10.4. The summed E-state index contributed by atoms with van der Waals surface area (Å²) in [5.74, 6) is 1.26. The number of hydrazone groups is 1. The first-order chi connectivity index (χ1) is 15.0. The average Bonchev–Trinajstić information content (AvgIpc) is 3.16. The molecule has 1 amide bonds. The molecule has 31 heavy (non-hydrogen) atoms. The maximum atomic E-state index is 11.9. The summed E-state index contributed by atoms with van der Waals surface area (Å²) in [7, 11) is 3.17. The molecule has 8 nitrogen and oxygen atoms in total. The van der Waals surface area contributed by atoms with E-state index >= 15 is 0 Å². The Labute approximate surface area is 184 Å². The number of rotatable bonds is 8. The Balaban J connectivity index is 1.81. The van der Waals surface area contributed by atoms with E-state index in [1.54, 1.807) is 33.4 Å². The molecule has 0 unspecified atom stereocenters. The van der Waals surface area contributed by atoms with Crippen molar-refractivity contribution in [3.63, 3.8) is 0 Å². The fourth-order valence-electron chi connectivity index (χ4n) is 2.71. The van der Waals surface area contributed by atoms with E-state index in [9.17, 15) is 4.79 Å². The SMILES string of the molecule is CCOC(=O)Nc1sc(N/N=C\c2ccc(OC)c(OC)c2)nc1-c1ccc(C)cc1. The lowest BCUT2D eigenvalue weighted by molar-refractivity contribution is 0.168. The molecular formula is C22H24N4O4S. The molecule has 0 aliphatic heterocycles. The quantitative estimate of drug-likeness (QED) is 0.372. The molecule has 9 heteroatoms. The Morgan fingerprint density at radius 3 is 2.55 bits per heavy atom. The van der Waals surface area contributed by atoms with E-state index in [1.165, 1.54) is 11.3 Å². The van der Waals surface area contributed by atoms with Crippen LogP contribution in [0.4, 0.5) is 14.9 Å². The zero-order valence-corrected chi connectivity index (χ0v) is 18.6. The number of amides is 1. The Hall–Kier alpha value is -3.59. The summed E-state index contributed by atoms with van der Waals surface area (Å²) in [6.07, 6.45) is 1.12. The van der Waals surface area contributed by atoms with Crippen molar-refractivity contribution in [3.8, 4) is 22.8 Å². The molecule has 0 bridgehead atoms. The van der Waals surface area contributed by atoms with Crippen LogP contribution in [0.25, 0.3) is 11.3 Å². The van der Waals surface area contributed by atoms with Gasteiger partial charge in [0.05, 0.1) is 27.0 Å². The van der Waals surface area contributed by atoms with Crippen molar-refractivity contribution in [2.24, 2.45) is 5.10 Å². The van der Waals surface area contributed by atoms with E-state index in [0.29, 0.717) is 27.3 Å². The minimum Gasteiger partial charge on any atom is -0.493 e. The fourth-order valence-corrected chi connectivity index (χ4v) is 3.54. The summed E-state index contributed by atoms with van der Waals surface area (Å²) in [5.41, 5.74) is 6.40. The molecule has 0 saturated heterocycles. The molecule has 0 atom stereocenters. The molecule has 2 N–H and O–H groups in total. The molecule has 2 aromatic carbocycles. The van der Waals surface area contributed by atoms with Crippen LogP contribution in [0.5, 0.6) is 11.5 Å². The predicted molar refractivity (Wildman–Crippen MR) is 124 cm³/mol. The Morgan fingerprint density at radius 2 is 1.87 bits per heavy atom. The van der Waals surface area contributed by atoms with E-state index in [4.69, 9.17) is 14.2 Å². The average molecular weight is 441 g/mol. The number of thiazole rings is 1. The summed E-state index contributed by atoms with van der Waals surface area (Å²) in [6.45, 7) is 4.05.